The number of rotatable bonds is 6. The van der Waals surface area contributed by atoms with Crippen LogP contribution in [0.25, 0.3) is 0 Å². The number of carbonyl (C=O) groups excluding carboxylic acids is 1. The summed E-state index contributed by atoms with van der Waals surface area (Å²) in [6, 6.07) is 0. The van der Waals surface area contributed by atoms with E-state index >= 15 is 0 Å². The maximum absolute atomic E-state index is 12.7. The second kappa shape index (κ2) is 9.07. The highest BCUT2D eigenvalue weighted by atomic mass is 35.5. The van der Waals surface area contributed by atoms with Gasteiger partial charge in [0.25, 0.3) is 5.92 Å². The molecular weight excluding hydrogens is 289 g/mol. The van der Waals surface area contributed by atoms with Crippen LogP contribution in [0.2, 0.25) is 0 Å². The van der Waals surface area contributed by atoms with E-state index in [4.69, 9.17) is 5.73 Å². The number of aromatic nitrogens is 2. The molecule has 0 saturated carbocycles. The normalized spacial score (nSPS) is 10.2. The molecular formula is C9H16Cl2F2N4O. The van der Waals surface area contributed by atoms with Crippen molar-refractivity contribution in [1.82, 2.24) is 14.9 Å². The van der Waals surface area contributed by atoms with Crippen LogP contribution in [-0.2, 0) is 11.3 Å². The number of imidazole rings is 1. The SMILES string of the molecule is Cl.Cl.NCC(F)(F)CNC(=O)CCn1ccnc1. The predicted molar refractivity (Wildman–Crippen MR) is 68.4 cm³/mol. The van der Waals surface area contributed by atoms with Crippen molar-refractivity contribution in [2.45, 2.75) is 18.9 Å². The Balaban J connectivity index is 0. The molecule has 1 amide bonds. The van der Waals surface area contributed by atoms with E-state index in [2.05, 4.69) is 10.3 Å². The van der Waals surface area contributed by atoms with Crippen LogP contribution in [-0.4, -0.2) is 34.5 Å². The summed E-state index contributed by atoms with van der Waals surface area (Å²) in [5.74, 6) is -3.47. The molecule has 0 aromatic carbocycles. The lowest BCUT2D eigenvalue weighted by Crippen LogP contribution is -2.41. The van der Waals surface area contributed by atoms with Gasteiger partial charge in [-0.15, -0.1) is 24.8 Å². The molecule has 1 heterocycles. The number of amides is 1. The second-order valence-corrected chi connectivity index (χ2v) is 3.39. The molecule has 0 bridgehead atoms. The van der Waals surface area contributed by atoms with Crippen molar-refractivity contribution in [3.05, 3.63) is 18.7 Å². The van der Waals surface area contributed by atoms with Gasteiger partial charge in [-0.2, -0.15) is 0 Å². The molecule has 0 radical (unpaired) electrons. The summed E-state index contributed by atoms with van der Waals surface area (Å²) >= 11 is 0. The third-order valence-corrected chi connectivity index (χ3v) is 2.00. The van der Waals surface area contributed by atoms with Crippen LogP contribution in [0.3, 0.4) is 0 Å². The van der Waals surface area contributed by atoms with Crippen molar-refractivity contribution in [2.75, 3.05) is 13.1 Å². The third-order valence-electron chi connectivity index (χ3n) is 2.00. The molecule has 0 fully saturated rings. The minimum absolute atomic E-state index is 0. The average molecular weight is 305 g/mol. The summed E-state index contributed by atoms with van der Waals surface area (Å²) < 4.78 is 27.0. The number of aryl methyl sites for hydroxylation is 1. The fourth-order valence-corrected chi connectivity index (χ4v) is 1.04. The van der Waals surface area contributed by atoms with E-state index in [1.165, 1.54) is 0 Å². The standard InChI is InChI=1S/C9H14F2N4O.2ClH/c10-9(11,5-12)6-14-8(16)1-3-15-4-2-13-7-15;;/h2,4,7H,1,3,5-6,12H2,(H,14,16);2*1H. The van der Waals surface area contributed by atoms with Crippen molar-refractivity contribution < 1.29 is 13.6 Å². The van der Waals surface area contributed by atoms with Crippen LogP contribution in [0, 0.1) is 0 Å². The van der Waals surface area contributed by atoms with Crippen molar-refractivity contribution in [3.63, 3.8) is 0 Å². The number of hydrogen-bond donors (Lipinski definition) is 2. The zero-order chi connectivity index (χ0) is 12.0. The molecule has 0 spiro atoms. The van der Waals surface area contributed by atoms with Gasteiger partial charge in [0.1, 0.15) is 0 Å². The lowest BCUT2D eigenvalue weighted by molar-refractivity contribution is -0.123. The molecule has 9 heteroatoms. The van der Waals surface area contributed by atoms with E-state index in [0.717, 1.165) is 0 Å². The van der Waals surface area contributed by atoms with E-state index < -0.39 is 24.9 Å². The number of alkyl halides is 2. The van der Waals surface area contributed by atoms with Gasteiger partial charge < -0.3 is 15.6 Å². The molecule has 5 nitrogen and oxygen atoms in total. The molecule has 0 aliphatic carbocycles. The molecule has 1 aromatic rings. The number of nitrogens with two attached hydrogens (primary N) is 1. The summed E-state index contributed by atoms with van der Waals surface area (Å²) in [4.78, 5) is 15.0. The van der Waals surface area contributed by atoms with Gasteiger partial charge in [-0.1, -0.05) is 0 Å². The Morgan fingerprint density at radius 3 is 2.61 bits per heavy atom. The molecule has 0 atom stereocenters. The molecule has 1 rings (SSSR count). The Morgan fingerprint density at radius 2 is 2.11 bits per heavy atom. The van der Waals surface area contributed by atoms with Gasteiger partial charge in [0, 0.05) is 25.4 Å². The summed E-state index contributed by atoms with van der Waals surface area (Å²) in [6.07, 6.45) is 4.97. The van der Waals surface area contributed by atoms with E-state index in [9.17, 15) is 13.6 Å². The highest BCUT2D eigenvalue weighted by Gasteiger charge is 2.26. The number of nitrogens with zero attached hydrogens (tertiary/aromatic N) is 2. The van der Waals surface area contributed by atoms with Gasteiger partial charge in [0.15, 0.2) is 0 Å². The number of hydrogen-bond acceptors (Lipinski definition) is 3. The van der Waals surface area contributed by atoms with Crippen LogP contribution >= 0.6 is 24.8 Å². The summed E-state index contributed by atoms with van der Waals surface area (Å²) in [5, 5.41) is 2.13. The maximum atomic E-state index is 12.7. The van der Waals surface area contributed by atoms with E-state index in [-0.39, 0.29) is 31.2 Å². The van der Waals surface area contributed by atoms with Gasteiger partial charge in [0.05, 0.1) is 19.4 Å². The summed E-state index contributed by atoms with van der Waals surface area (Å²) in [5.41, 5.74) is 4.83. The predicted octanol–water partition coefficient (Wildman–Crippen LogP) is 0.827. The molecule has 0 aliphatic rings. The topological polar surface area (TPSA) is 72.9 Å². The van der Waals surface area contributed by atoms with Gasteiger partial charge in [-0.3, -0.25) is 4.79 Å². The zero-order valence-corrected chi connectivity index (χ0v) is 11.1. The van der Waals surface area contributed by atoms with Gasteiger partial charge in [-0.05, 0) is 0 Å². The average Bonchev–Trinajstić information content (AvgIpc) is 2.76. The summed E-state index contributed by atoms with van der Waals surface area (Å²) in [7, 11) is 0. The highest BCUT2D eigenvalue weighted by Crippen LogP contribution is 2.08. The monoisotopic (exact) mass is 304 g/mol. The molecule has 106 valence electrons. The van der Waals surface area contributed by atoms with Crippen molar-refractivity contribution in [2.24, 2.45) is 5.73 Å². The minimum atomic E-state index is -3.04. The van der Waals surface area contributed by atoms with E-state index in [0.29, 0.717) is 6.54 Å². The Morgan fingerprint density at radius 1 is 1.44 bits per heavy atom. The molecule has 0 aliphatic heterocycles. The van der Waals surface area contributed by atoms with Crippen molar-refractivity contribution >= 4 is 30.7 Å². The van der Waals surface area contributed by atoms with Gasteiger partial charge in [-0.25, -0.2) is 13.8 Å². The number of nitrogens with one attached hydrogen (secondary N) is 1. The lowest BCUT2D eigenvalue weighted by Gasteiger charge is -2.14. The first-order valence-corrected chi connectivity index (χ1v) is 4.84. The first-order chi connectivity index (χ1) is 7.53. The molecule has 0 unspecified atom stereocenters. The van der Waals surface area contributed by atoms with Crippen LogP contribution < -0.4 is 11.1 Å². The van der Waals surface area contributed by atoms with E-state index in [1.54, 1.807) is 23.3 Å². The molecule has 18 heavy (non-hydrogen) atoms. The number of carbonyl (C=O) groups is 1. The third kappa shape index (κ3) is 7.41. The Bertz CT molecular complexity index is 335. The smallest absolute Gasteiger partial charge is 0.277 e. The molecule has 1 aromatic heterocycles. The Hall–Kier alpha value is -0.920. The van der Waals surface area contributed by atoms with Gasteiger partial charge >= 0.3 is 0 Å². The molecule has 3 N–H and O–H groups in total. The first kappa shape index (κ1) is 19.4. The summed E-state index contributed by atoms with van der Waals surface area (Å²) in [6.45, 7) is -1.07. The fraction of sp³-hybridized carbons (Fsp3) is 0.556. The quantitative estimate of drug-likeness (QED) is 0.817. The number of halogens is 4. The Labute approximate surface area is 116 Å². The largest absolute Gasteiger partial charge is 0.350 e. The van der Waals surface area contributed by atoms with Crippen molar-refractivity contribution in [3.8, 4) is 0 Å². The van der Waals surface area contributed by atoms with Gasteiger partial charge in [0.2, 0.25) is 5.91 Å². The lowest BCUT2D eigenvalue weighted by atomic mass is 10.3. The first-order valence-electron chi connectivity index (χ1n) is 4.84. The highest BCUT2D eigenvalue weighted by molar-refractivity contribution is 5.85. The van der Waals surface area contributed by atoms with Crippen LogP contribution in [0.1, 0.15) is 6.42 Å². The maximum Gasteiger partial charge on any atom is 0.277 e. The van der Waals surface area contributed by atoms with Crippen molar-refractivity contribution in [1.29, 1.82) is 0 Å². The zero-order valence-electron chi connectivity index (χ0n) is 9.51. The van der Waals surface area contributed by atoms with Crippen LogP contribution in [0.4, 0.5) is 8.78 Å². The Kier molecular flexibility index (Phi) is 9.78. The fourth-order valence-electron chi connectivity index (χ4n) is 1.04. The van der Waals surface area contributed by atoms with Crippen LogP contribution in [0.15, 0.2) is 18.7 Å². The van der Waals surface area contributed by atoms with E-state index in [1.807, 2.05) is 0 Å². The molecule has 0 saturated heterocycles. The van der Waals surface area contributed by atoms with Crippen LogP contribution in [0.5, 0.6) is 0 Å². The minimum Gasteiger partial charge on any atom is -0.350 e. The second-order valence-electron chi connectivity index (χ2n) is 3.39.